The average molecular weight is 738 g/mol. The van der Waals surface area contributed by atoms with E-state index in [1.54, 1.807) is 30.4 Å². The van der Waals surface area contributed by atoms with Crippen LogP contribution in [0.1, 0.15) is 76.8 Å². The number of hydrogen-bond donors (Lipinski definition) is 1. The van der Waals surface area contributed by atoms with Gasteiger partial charge in [0.1, 0.15) is 18.2 Å². The Balaban J connectivity index is 0.000000794. The van der Waals surface area contributed by atoms with E-state index in [1.807, 2.05) is 93.0 Å². The maximum atomic E-state index is 12.3. The van der Waals surface area contributed by atoms with E-state index < -0.39 is 5.97 Å². The summed E-state index contributed by atoms with van der Waals surface area (Å²) in [6, 6.07) is 31.0. The summed E-state index contributed by atoms with van der Waals surface area (Å²) in [5.41, 5.74) is 9.42. The molecule has 55 heavy (non-hydrogen) atoms. The monoisotopic (exact) mass is 737 g/mol. The van der Waals surface area contributed by atoms with Crippen LogP contribution in [0.2, 0.25) is 0 Å². The molecule has 0 atom stereocenters. The van der Waals surface area contributed by atoms with E-state index in [-0.39, 0.29) is 11.3 Å². The van der Waals surface area contributed by atoms with E-state index in [0.717, 1.165) is 87.7 Å². The number of aromatic nitrogens is 3. The number of nitrogens with zero attached hydrogens (tertiary/aromatic N) is 3. The van der Waals surface area contributed by atoms with Crippen molar-refractivity contribution < 1.29 is 28.9 Å². The Morgan fingerprint density at radius 3 is 2.24 bits per heavy atom. The molecule has 0 spiro atoms. The lowest BCUT2D eigenvalue weighted by molar-refractivity contribution is 0.0367. The number of aromatic carboxylic acids is 1. The van der Waals surface area contributed by atoms with Gasteiger partial charge in [0.05, 0.1) is 28.9 Å². The van der Waals surface area contributed by atoms with Crippen molar-refractivity contribution in [3.8, 4) is 34.0 Å². The first-order valence-corrected chi connectivity index (χ1v) is 18.9. The van der Waals surface area contributed by atoms with Gasteiger partial charge in [0, 0.05) is 49.4 Å². The maximum absolute atomic E-state index is 12.3. The third-order valence-corrected chi connectivity index (χ3v) is 9.48. The van der Waals surface area contributed by atoms with Gasteiger partial charge in [0.15, 0.2) is 5.78 Å². The van der Waals surface area contributed by atoms with Crippen molar-refractivity contribution in [2.24, 2.45) is 7.05 Å². The normalized spacial score (nSPS) is 13.4. The van der Waals surface area contributed by atoms with Crippen LogP contribution < -0.4 is 9.47 Å². The standard InChI is InChI=1S/C41H35N3O5.C3H6O.C2H6/c1-3-6-37(45)27-12-10-26(11-13-27)29-14-17-33-25-49-40-9-4-8-34(43-40)30-15-16-31(38(23-30)48-20-5-7-28(33)21-29)24-39-42-35-19-18-32(41(46)47)22-36(35)44(39)2;1-2-4-3-1;1-2/h3-4,6,8-19,21-23H,5,7,20,24-25H2,1-2H3,(H,46,47);1-3H2;1-2H3/b6-3-;;. The fourth-order valence-corrected chi connectivity index (χ4v) is 6.35. The number of hydrogen-bond acceptors (Lipinski definition) is 7. The predicted octanol–water partition coefficient (Wildman–Crippen LogP) is 9.69. The van der Waals surface area contributed by atoms with Crippen LogP contribution in [0, 0.1) is 0 Å². The van der Waals surface area contributed by atoms with E-state index in [0.29, 0.717) is 31.1 Å². The smallest absolute Gasteiger partial charge is 0.335 e. The molecule has 4 heterocycles. The third kappa shape index (κ3) is 9.37. The molecule has 0 radical (unpaired) electrons. The Morgan fingerprint density at radius 2 is 1.51 bits per heavy atom. The highest BCUT2D eigenvalue weighted by molar-refractivity contribution is 6.04. The number of rotatable bonds is 6. The third-order valence-electron chi connectivity index (χ3n) is 9.48. The Labute approximate surface area is 322 Å². The maximum Gasteiger partial charge on any atom is 0.335 e. The molecule has 0 unspecified atom stereocenters. The number of aryl methyl sites for hydroxylation is 2. The molecule has 1 N–H and O–H groups in total. The summed E-state index contributed by atoms with van der Waals surface area (Å²) in [6.07, 6.45) is 6.67. The summed E-state index contributed by atoms with van der Waals surface area (Å²) in [4.78, 5) is 33.5. The van der Waals surface area contributed by atoms with Gasteiger partial charge in [-0.2, -0.15) is 0 Å². The van der Waals surface area contributed by atoms with Gasteiger partial charge in [-0.05, 0) is 84.8 Å². The summed E-state index contributed by atoms with van der Waals surface area (Å²) in [5.74, 6) is 1.12. The molecule has 9 heteroatoms. The number of benzene rings is 4. The number of fused-ring (bicyclic) bond motifs is 7. The van der Waals surface area contributed by atoms with Crippen LogP contribution in [-0.4, -0.2) is 51.2 Å². The molecule has 0 saturated carbocycles. The van der Waals surface area contributed by atoms with Crippen molar-refractivity contribution in [3.05, 3.63) is 143 Å². The first kappa shape index (κ1) is 38.7. The lowest BCUT2D eigenvalue weighted by Crippen LogP contribution is -2.09. The molecule has 0 amide bonds. The van der Waals surface area contributed by atoms with Gasteiger partial charge in [-0.1, -0.05) is 80.6 Å². The number of carbonyl (C=O) groups excluding carboxylic acids is 1. The zero-order valence-corrected chi connectivity index (χ0v) is 31.9. The van der Waals surface area contributed by atoms with Gasteiger partial charge in [-0.3, -0.25) is 4.79 Å². The van der Waals surface area contributed by atoms with Crippen molar-refractivity contribution in [1.29, 1.82) is 0 Å². The number of carboxylic acids is 1. The minimum atomic E-state index is -0.968. The zero-order chi connectivity index (χ0) is 38.7. The first-order valence-electron chi connectivity index (χ1n) is 18.9. The second kappa shape index (κ2) is 18.3. The average Bonchev–Trinajstić information content (AvgIpc) is 3.50. The summed E-state index contributed by atoms with van der Waals surface area (Å²) in [7, 11) is 1.91. The minimum Gasteiger partial charge on any atom is -0.493 e. The van der Waals surface area contributed by atoms with Crippen LogP contribution in [0.15, 0.2) is 109 Å². The highest BCUT2D eigenvalue weighted by Crippen LogP contribution is 2.31. The van der Waals surface area contributed by atoms with Crippen molar-refractivity contribution in [1.82, 2.24) is 14.5 Å². The molecule has 1 fully saturated rings. The second-order valence-corrected chi connectivity index (χ2v) is 13.1. The van der Waals surface area contributed by atoms with E-state index in [2.05, 4.69) is 18.2 Å². The van der Waals surface area contributed by atoms with Gasteiger partial charge >= 0.3 is 5.97 Å². The number of carbonyl (C=O) groups is 2. The molecule has 0 aliphatic carbocycles. The van der Waals surface area contributed by atoms with Crippen molar-refractivity contribution in [2.75, 3.05) is 19.8 Å². The van der Waals surface area contributed by atoms with Crippen LogP contribution in [-0.2, 0) is 31.2 Å². The lowest BCUT2D eigenvalue weighted by Gasteiger charge is -2.17. The molecule has 282 valence electrons. The Kier molecular flexibility index (Phi) is 12.9. The lowest BCUT2D eigenvalue weighted by atomic mass is 9.96. The highest BCUT2D eigenvalue weighted by atomic mass is 16.5. The van der Waals surface area contributed by atoms with Crippen molar-refractivity contribution >= 4 is 22.8 Å². The Morgan fingerprint density at radius 1 is 0.782 bits per heavy atom. The number of imidazole rings is 1. The summed E-state index contributed by atoms with van der Waals surface area (Å²) < 4.78 is 19.4. The molecule has 4 aromatic carbocycles. The van der Waals surface area contributed by atoms with Crippen LogP contribution in [0.25, 0.3) is 33.4 Å². The van der Waals surface area contributed by atoms with Gasteiger partial charge in [-0.25, -0.2) is 14.8 Å². The summed E-state index contributed by atoms with van der Waals surface area (Å²) in [6.45, 7) is 8.73. The number of ketones is 1. The number of allylic oxidation sites excluding steroid dienone is 2. The van der Waals surface area contributed by atoms with Crippen LogP contribution >= 0.6 is 0 Å². The van der Waals surface area contributed by atoms with E-state index in [1.165, 1.54) is 6.42 Å². The molecule has 8 rings (SSSR count). The van der Waals surface area contributed by atoms with E-state index in [4.69, 9.17) is 24.2 Å². The number of pyridine rings is 1. The topological polar surface area (TPSA) is 113 Å². The molecule has 4 bridgehead atoms. The number of ether oxygens (including phenoxy) is 3. The van der Waals surface area contributed by atoms with E-state index in [9.17, 15) is 14.7 Å². The van der Waals surface area contributed by atoms with Gasteiger partial charge < -0.3 is 23.9 Å². The van der Waals surface area contributed by atoms with Crippen molar-refractivity contribution in [3.63, 3.8) is 0 Å². The molecule has 9 nitrogen and oxygen atoms in total. The van der Waals surface area contributed by atoms with Gasteiger partial charge in [-0.15, -0.1) is 0 Å². The largest absolute Gasteiger partial charge is 0.493 e. The second-order valence-electron chi connectivity index (χ2n) is 13.1. The minimum absolute atomic E-state index is 0.00978. The molecule has 2 aliphatic heterocycles. The molecule has 6 aromatic rings. The van der Waals surface area contributed by atoms with Crippen molar-refractivity contribution in [2.45, 2.75) is 53.1 Å². The Bertz CT molecular complexity index is 2300. The molecular formula is C46H47N3O6. The SMILES string of the molecule is C/C=C\C(=O)c1ccc(-c2ccc3c(c2)CCCOc2cc(ccc2Cc2nc4ccc(C(=O)O)cc4n2C)-c2cccc(n2)OC3)cc1.C1COC1.CC. The van der Waals surface area contributed by atoms with Crippen LogP contribution in [0.4, 0.5) is 0 Å². The van der Waals surface area contributed by atoms with Gasteiger partial charge in [0.2, 0.25) is 5.88 Å². The molecular weight excluding hydrogens is 691 g/mol. The van der Waals surface area contributed by atoms with E-state index >= 15 is 0 Å². The fraction of sp³-hybridized carbons (Fsp3) is 0.261. The quantitative estimate of drug-likeness (QED) is 0.133. The molecule has 2 aliphatic rings. The molecule has 2 aromatic heterocycles. The Hall–Kier alpha value is -6.06. The van der Waals surface area contributed by atoms with Gasteiger partial charge in [0.25, 0.3) is 0 Å². The fourth-order valence-electron chi connectivity index (χ4n) is 6.35. The zero-order valence-electron chi connectivity index (χ0n) is 31.9. The number of carboxylic acid groups (broad SMARTS) is 1. The highest BCUT2D eigenvalue weighted by Gasteiger charge is 2.17. The molecule has 1 saturated heterocycles. The van der Waals surface area contributed by atoms with Crippen LogP contribution in [0.5, 0.6) is 11.6 Å². The summed E-state index contributed by atoms with van der Waals surface area (Å²) >= 11 is 0. The predicted molar refractivity (Wildman–Crippen MR) is 216 cm³/mol. The summed E-state index contributed by atoms with van der Waals surface area (Å²) in [5, 5.41) is 9.48. The first-order chi connectivity index (χ1) is 26.9. The van der Waals surface area contributed by atoms with Crippen LogP contribution in [0.3, 0.4) is 0 Å².